The number of benzene rings is 2. The molecule has 11 atom stereocenters. The molecule has 83 heavy (non-hydrogen) atoms. The number of hydrogen-bond acceptors (Lipinski definition) is 17. The number of nitrogens with zero attached hydrogens (tertiary/aromatic N) is 3. The van der Waals surface area contributed by atoms with Gasteiger partial charge >= 0.3 is 43.7 Å². The van der Waals surface area contributed by atoms with Crippen LogP contribution < -0.4 is 42.4 Å². The number of phenolic OH excluding ortho intramolecular Hbond substituents is 1. The van der Waals surface area contributed by atoms with Crippen molar-refractivity contribution in [2.45, 2.75) is 179 Å². The number of fused-ring (bicyclic) bond motifs is 10. The zero-order chi connectivity index (χ0) is 58.7. The van der Waals surface area contributed by atoms with Gasteiger partial charge < -0.3 is 61.3 Å². The van der Waals surface area contributed by atoms with Crippen LogP contribution in [0.4, 0.5) is 23.1 Å². The van der Waals surface area contributed by atoms with Crippen molar-refractivity contribution in [2.75, 3.05) is 41.4 Å². The minimum atomic E-state index is -1.58. The number of nitrogens with one attached hydrogen (secondary N) is 4. The molecule has 0 spiro atoms. The maximum atomic E-state index is 12.3. The normalized spacial score (nSPS) is 29.1. The number of H-pyrrole nitrogens is 1. The maximum Gasteiger partial charge on any atom is 2.00 e. The quantitative estimate of drug-likeness (QED) is 0.0732. The average molecular weight is 1170 g/mol. The van der Waals surface area contributed by atoms with Crippen molar-refractivity contribution >= 4 is 90.5 Å². The smallest absolute Gasteiger partial charge is 0.550 e. The van der Waals surface area contributed by atoms with E-state index >= 15 is 0 Å². The summed E-state index contributed by atoms with van der Waals surface area (Å²) in [4.78, 5) is 78.4. The Labute approximate surface area is 515 Å². The number of aromatic amines is 1. The molecule has 20 heteroatoms. The fourth-order valence-corrected chi connectivity index (χ4v) is 15.7. The number of carbonyl (C=O) groups is 5. The number of carbonyl (C=O) groups excluding carboxylic acids is 5. The first-order chi connectivity index (χ1) is 39.2. The van der Waals surface area contributed by atoms with Crippen LogP contribution in [0.25, 0.3) is 0 Å². The number of ether oxygens (including phenoxy) is 1. The maximum absolute atomic E-state index is 12.3. The molecule has 3 aromatic rings. The summed E-state index contributed by atoms with van der Waals surface area (Å²) in [5.74, 6) is 0.491. The summed E-state index contributed by atoms with van der Waals surface area (Å²) < 4.78 is 5.98. The van der Waals surface area contributed by atoms with Gasteiger partial charge in [0.2, 0.25) is 5.95 Å². The first-order valence-electron chi connectivity index (χ1n) is 29.6. The minimum Gasteiger partial charge on any atom is -0.550 e. The third-order valence-electron chi connectivity index (χ3n) is 20.3. The Hall–Kier alpha value is -5.94. The molecule has 0 radical (unpaired) electrons. The van der Waals surface area contributed by atoms with Crippen LogP contribution in [0, 0.1) is 45.8 Å². The summed E-state index contributed by atoms with van der Waals surface area (Å²) in [6.07, 6.45) is 18.3. The molecule has 7 aliphatic carbocycles. The van der Waals surface area contributed by atoms with Gasteiger partial charge in [-0.15, -0.1) is 0 Å². The molecule has 2 aromatic carbocycles. The second-order valence-electron chi connectivity index (χ2n) is 24.7. The summed E-state index contributed by atoms with van der Waals surface area (Å²) in [6.45, 7) is 7.70. The van der Waals surface area contributed by atoms with E-state index in [1.54, 1.807) is 29.7 Å². The number of phenols is 1. The van der Waals surface area contributed by atoms with Crippen LogP contribution in [0.2, 0.25) is 0 Å². The number of aromatic nitrogens is 2. The number of carboxylic acids is 2. The number of aromatic hydroxyl groups is 1. The number of rotatable bonds is 14. The Bertz CT molecular complexity index is 3100. The van der Waals surface area contributed by atoms with Crippen molar-refractivity contribution in [1.29, 1.82) is 5.26 Å². The second-order valence-corrected chi connectivity index (χ2v) is 24.7. The van der Waals surface area contributed by atoms with E-state index in [4.69, 9.17) is 15.7 Å². The first kappa shape index (κ1) is 63.1. The molecule has 19 nitrogen and oxygen atoms in total. The Morgan fingerprint density at radius 1 is 0.940 bits per heavy atom. The molecule has 8 aliphatic rings. The number of esters is 1. The van der Waals surface area contributed by atoms with Gasteiger partial charge in [0.15, 0.2) is 11.6 Å². The molecule has 1 aliphatic heterocycles. The summed E-state index contributed by atoms with van der Waals surface area (Å²) >= 11 is 0. The summed E-state index contributed by atoms with van der Waals surface area (Å²) in [6, 6.07) is 12.9. The van der Waals surface area contributed by atoms with Crippen LogP contribution in [0.3, 0.4) is 0 Å². The molecule has 0 saturated heterocycles. The molecule has 0 unspecified atom stereocenters. The number of aliphatic hydroxyl groups is 1. The van der Waals surface area contributed by atoms with Gasteiger partial charge in [0.05, 0.1) is 36.1 Å². The molecule has 1 amide bonds. The first-order valence-corrected chi connectivity index (χ1v) is 29.6. The minimum absolute atomic E-state index is 0. The van der Waals surface area contributed by atoms with Crippen molar-refractivity contribution < 1.29 is 49.1 Å². The van der Waals surface area contributed by atoms with Crippen LogP contribution in [-0.2, 0) is 30.3 Å². The SMILES string of the molecule is CCCCC(=O)O[C@H]1CC[C@H]2[C@@H]3CCc4cc(O)ccc4[C@H]3CC[C@]12C.CN1c2c(nc(N)[nH]c2=O)NC[C@@H]1CNc1ccc(C(=O)N[C@@H](CCC(=O)[O-])C(=O)[O-])cc1.C[C@]12CCC3=C4CCC(=O)C=C4CC[C@H]3[C@@H]1CC[C@@]2(O)CC#N.[Ca+2]. The number of nitrogen functional groups attached to an aromatic ring is 1. The topological polar surface area (TPSA) is 316 Å². The molecule has 0 bridgehead atoms. The molecule has 4 fully saturated rings. The number of nitrogens with two attached hydrogens (primary N) is 1. The van der Waals surface area contributed by atoms with Gasteiger partial charge in [-0.1, -0.05) is 38.8 Å². The number of aryl methyl sites for hydroxylation is 1. The zero-order valence-corrected chi connectivity index (χ0v) is 50.7. The Kier molecular flexibility index (Phi) is 20.2. The molecule has 11 rings (SSSR count). The number of ketones is 1. The van der Waals surface area contributed by atoms with Gasteiger partial charge in [0.25, 0.3) is 11.5 Å². The standard InChI is InChI=1S/C23H32O3.C20H25N7O6.C20H25NO2.Ca/c1-3-4-5-22(25)26-21-11-10-20-19-8-6-15-14-16(24)7-9-17(15)18(19)12-13-23(20,21)2;1-27-12(9-23-16-15(27)18(31)26-20(21)25-16)8-22-11-4-2-10(3-5-11)17(30)24-13(19(32)33)6-7-14(28)29;1-19-8-6-16-15-5-3-14(22)12-13(15)2-4-17(16)18(19)7-9-20(19,23)10-11-21;/h7,9,14,18-21,24H,3-6,8,10-13H2,1-2H3;2-5,12-13,22H,6-9H2,1H3,(H,24,30)(H,28,29)(H,32,33)(H4,21,23,25,26,31);12,17-18,23H,2-10H2,1H3;/q;;;+2/p-2/t18-,19-,20+,21+,23+;12-,13-;17-,18+,19+,20-;/m101./s1. The van der Waals surface area contributed by atoms with E-state index in [1.807, 2.05) is 18.2 Å². The third-order valence-corrected chi connectivity index (χ3v) is 20.3. The van der Waals surface area contributed by atoms with E-state index in [1.165, 1.54) is 53.7 Å². The van der Waals surface area contributed by atoms with E-state index in [0.29, 0.717) is 78.5 Å². The van der Waals surface area contributed by atoms with Crippen molar-refractivity contribution in [3.63, 3.8) is 0 Å². The number of allylic oxidation sites excluding steroid dienone is 4. The van der Waals surface area contributed by atoms with Crippen molar-refractivity contribution in [2.24, 2.45) is 34.5 Å². The number of unbranched alkanes of at least 4 members (excludes halogenated alkanes) is 1. The number of nitriles is 1. The van der Waals surface area contributed by atoms with Crippen molar-refractivity contribution in [1.82, 2.24) is 15.3 Å². The van der Waals surface area contributed by atoms with Crippen molar-refractivity contribution in [3.8, 4) is 11.8 Å². The fraction of sp³-hybridized carbons (Fsp3) is 0.587. The summed E-state index contributed by atoms with van der Waals surface area (Å²) in [5, 5.41) is 60.3. The number of carboxylic acid groups (broad SMARTS) is 2. The number of amides is 1. The average Bonchev–Trinajstić information content (AvgIpc) is 3.71. The predicted octanol–water partition coefficient (Wildman–Crippen LogP) is 5.88. The van der Waals surface area contributed by atoms with Gasteiger partial charge in [-0.3, -0.25) is 24.2 Å². The number of likely N-dealkylation sites (N-methyl/N-ethyl adjacent to an activating group) is 1. The molecule has 8 N–H and O–H groups in total. The van der Waals surface area contributed by atoms with Crippen molar-refractivity contribution in [3.05, 3.63) is 92.3 Å². The van der Waals surface area contributed by atoms with Crippen LogP contribution in [0.15, 0.2) is 70.1 Å². The number of anilines is 4. The van der Waals surface area contributed by atoms with Gasteiger partial charge in [0.1, 0.15) is 17.5 Å². The van der Waals surface area contributed by atoms with Gasteiger partial charge in [-0.2, -0.15) is 10.2 Å². The van der Waals surface area contributed by atoms with E-state index < -0.39 is 35.9 Å². The number of hydrogen-bond donors (Lipinski definition) is 7. The second kappa shape index (κ2) is 26.5. The number of aliphatic carboxylic acids is 2. The van der Waals surface area contributed by atoms with E-state index in [9.17, 15) is 49.2 Å². The largest absolute Gasteiger partial charge is 2.00 e. The van der Waals surface area contributed by atoms with Gasteiger partial charge in [0, 0.05) is 61.0 Å². The monoisotopic (exact) mass is 1160 g/mol. The molecular weight excluding hydrogens is 1080 g/mol. The Balaban J connectivity index is 0.000000164. The summed E-state index contributed by atoms with van der Waals surface area (Å²) in [7, 11) is 1.78. The van der Waals surface area contributed by atoms with Gasteiger partial charge in [-0.05, 0) is 197 Å². The molecular formula is C63H80CaN8O11. The predicted molar refractivity (Wildman–Crippen MR) is 311 cm³/mol. The molecule has 440 valence electrons. The third kappa shape index (κ3) is 13.3. The molecule has 4 saturated carbocycles. The zero-order valence-electron chi connectivity index (χ0n) is 48.5. The van der Waals surface area contributed by atoms with E-state index in [-0.39, 0.29) is 102 Å². The van der Waals surface area contributed by atoms with Gasteiger partial charge in [-0.25, -0.2) is 0 Å². The van der Waals surface area contributed by atoms with Crippen LogP contribution in [-0.4, -0.2) is 131 Å². The van der Waals surface area contributed by atoms with Crippen LogP contribution >= 0.6 is 0 Å². The van der Waals surface area contributed by atoms with E-state index in [0.717, 1.165) is 77.0 Å². The molecule has 2 heterocycles. The van der Waals surface area contributed by atoms with Crippen LogP contribution in [0.5, 0.6) is 5.75 Å². The summed E-state index contributed by atoms with van der Waals surface area (Å²) in [5.41, 5.74) is 12.9. The fourth-order valence-electron chi connectivity index (χ4n) is 15.7. The van der Waals surface area contributed by atoms with E-state index in [2.05, 4.69) is 58.8 Å². The Morgan fingerprint density at radius 2 is 1.71 bits per heavy atom. The van der Waals surface area contributed by atoms with Crippen LogP contribution in [0.1, 0.15) is 170 Å². The Morgan fingerprint density at radius 3 is 2.43 bits per heavy atom. The molecule has 1 aromatic heterocycles.